The molecule has 29 heavy (non-hydrogen) atoms. The fraction of sp³-hybridized carbons (Fsp3) is 0.579. The van der Waals surface area contributed by atoms with Crippen LogP contribution in [0.3, 0.4) is 0 Å². The minimum absolute atomic E-state index is 0.116. The molecule has 1 amide bonds. The molecule has 0 spiro atoms. The summed E-state index contributed by atoms with van der Waals surface area (Å²) in [6, 6.07) is 2.31. The average molecular weight is 430 g/mol. The Morgan fingerprint density at radius 1 is 1.24 bits per heavy atom. The standard InChI is InChI=1S/C19H25F3N4O2S/c1-2-17(29)23-11-14-12-26(19(27)28-14)13-9-15(21)18(16(22)10-13)25-7-5-24(4-3-20)6-8-25/h9-10,14H,2-8,11-12H2,1H3,(H,23,29)/t14-/m0/s1. The number of thiocarbonyl (C=S) groups is 1. The molecule has 3 rings (SSSR count). The number of cyclic esters (lactones) is 1. The van der Waals surface area contributed by atoms with Crippen LogP contribution in [0.1, 0.15) is 13.3 Å². The summed E-state index contributed by atoms with van der Waals surface area (Å²) in [6.45, 7) is 4.22. The van der Waals surface area contributed by atoms with Gasteiger partial charge in [0.2, 0.25) is 0 Å². The molecule has 2 heterocycles. The van der Waals surface area contributed by atoms with Gasteiger partial charge in [-0.1, -0.05) is 19.1 Å². The van der Waals surface area contributed by atoms with Crippen molar-refractivity contribution in [2.75, 3.05) is 62.3 Å². The molecule has 0 aliphatic carbocycles. The first-order valence-corrected chi connectivity index (χ1v) is 10.1. The molecule has 1 atom stereocenters. The minimum Gasteiger partial charge on any atom is -0.442 e. The zero-order chi connectivity index (χ0) is 21.0. The van der Waals surface area contributed by atoms with Gasteiger partial charge in [-0.05, 0) is 6.42 Å². The van der Waals surface area contributed by atoms with Crippen molar-refractivity contribution in [1.82, 2.24) is 10.2 Å². The monoisotopic (exact) mass is 430 g/mol. The summed E-state index contributed by atoms with van der Waals surface area (Å²) in [5, 5.41) is 3.00. The van der Waals surface area contributed by atoms with Crippen LogP contribution in [-0.2, 0) is 4.74 Å². The van der Waals surface area contributed by atoms with Crippen LogP contribution in [-0.4, -0.2) is 74.6 Å². The highest BCUT2D eigenvalue weighted by molar-refractivity contribution is 7.80. The number of hydrogen-bond acceptors (Lipinski definition) is 5. The van der Waals surface area contributed by atoms with Gasteiger partial charge in [0.1, 0.15) is 18.5 Å². The van der Waals surface area contributed by atoms with E-state index in [9.17, 15) is 18.0 Å². The van der Waals surface area contributed by atoms with E-state index >= 15 is 0 Å². The molecular weight excluding hydrogens is 405 g/mol. The highest BCUT2D eigenvalue weighted by Gasteiger charge is 2.34. The van der Waals surface area contributed by atoms with E-state index in [1.54, 1.807) is 4.90 Å². The molecule has 0 saturated carbocycles. The Labute approximate surface area is 173 Å². The third-order valence-electron chi connectivity index (χ3n) is 5.12. The number of rotatable bonds is 7. The van der Waals surface area contributed by atoms with Gasteiger partial charge in [0.25, 0.3) is 0 Å². The van der Waals surface area contributed by atoms with E-state index in [4.69, 9.17) is 17.0 Å². The van der Waals surface area contributed by atoms with E-state index in [0.29, 0.717) is 50.7 Å². The Morgan fingerprint density at radius 2 is 1.90 bits per heavy atom. The Hall–Kier alpha value is -2.07. The second-order valence-corrected chi connectivity index (χ2v) is 7.54. The molecule has 2 saturated heterocycles. The number of benzene rings is 1. The second-order valence-electron chi connectivity index (χ2n) is 7.05. The first kappa shape index (κ1) is 21.6. The zero-order valence-corrected chi connectivity index (χ0v) is 17.1. The Balaban J connectivity index is 1.68. The average Bonchev–Trinajstić information content (AvgIpc) is 3.07. The number of anilines is 2. The smallest absolute Gasteiger partial charge is 0.414 e. The summed E-state index contributed by atoms with van der Waals surface area (Å²) in [6.07, 6.45) is -0.424. The Morgan fingerprint density at radius 3 is 2.48 bits per heavy atom. The number of alkyl halides is 1. The number of carbonyl (C=O) groups excluding carboxylic acids is 1. The first-order valence-electron chi connectivity index (χ1n) is 9.70. The summed E-state index contributed by atoms with van der Waals surface area (Å²) in [5.41, 5.74) is -0.00175. The maximum absolute atomic E-state index is 14.8. The summed E-state index contributed by atoms with van der Waals surface area (Å²) in [4.78, 5) is 17.6. The molecule has 10 heteroatoms. The van der Waals surface area contributed by atoms with Crippen molar-refractivity contribution < 1.29 is 22.7 Å². The summed E-state index contributed by atoms with van der Waals surface area (Å²) in [7, 11) is 0. The predicted molar refractivity (Wildman–Crippen MR) is 109 cm³/mol. The molecule has 1 aromatic rings. The molecule has 0 unspecified atom stereocenters. The largest absolute Gasteiger partial charge is 0.442 e. The molecule has 0 radical (unpaired) electrons. The van der Waals surface area contributed by atoms with E-state index in [1.807, 2.05) is 11.8 Å². The lowest BCUT2D eigenvalue weighted by atomic mass is 10.2. The number of carbonyl (C=O) groups is 1. The molecule has 1 N–H and O–H groups in total. The lowest BCUT2D eigenvalue weighted by Crippen LogP contribution is -2.47. The SMILES string of the molecule is CCC(=S)NC[C@H]1CN(c2cc(F)c(N3CCN(CCF)CC3)c(F)c2)C(=O)O1. The number of hydrogen-bond donors (Lipinski definition) is 1. The van der Waals surface area contributed by atoms with Crippen molar-refractivity contribution in [3.8, 4) is 0 Å². The van der Waals surface area contributed by atoms with Gasteiger partial charge in [0, 0.05) is 44.9 Å². The van der Waals surface area contributed by atoms with Gasteiger partial charge in [-0.25, -0.2) is 18.0 Å². The van der Waals surface area contributed by atoms with Crippen molar-refractivity contribution in [3.63, 3.8) is 0 Å². The van der Waals surface area contributed by atoms with Crippen molar-refractivity contribution >= 4 is 34.7 Å². The molecule has 0 bridgehead atoms. The van der Waals surface area contributed by atoms with Gasteiger partial charge in [-0.15, -0.1) is 0 Å². The van der Waals surface area contributed by atoms with Crippen LogP contribution in [0.15, 0.2) is 12.1 Å². The Kier molecular flexibility index (Phi) is 7.18. The predicted octanol–water partition coefficient (Wildman–Crippen LogP) is 2.71. The third-order valence-corrected chi connectivity index (χ3v) is 5.56. The van der Waals surface area contributed by atoms with Gasteiger partial charge in [-0.2, -0.15) is 0 Å². The van der Waals surface area contributed by atoms with Crippen LogP contribution in [0.4, 0.5) is 29.3 Å². The lowest BCUT2D eigenvalue weighted by molar-refractivity contribution is 0.143. The third kappa shape index (κ3) is 5.11. The van der Waals surface area contributed by atoms with Crippen LogP contribution in [0, 0.1) is 11.6 Å². The van der Waals surface area contributed by atoms with E-state index in [2.05, 4.69) is 5.32 Å². The fourth-order valence-corrected chi connectivity index (χ4v) is 3.60. The molecular formula is C19H25F3N4O2S. The quantitative estimate of drug-likeness (QED) is 0.672. The van der Waals surface area contributed by atoms with E-state index in [-0.39, 0.29) is 17.9 Å². The van der Waals surface area contributed by atoms with Gasteiger partial charge >= 0.3 is 6.09 Å². The number of nitrogens with one attached hydrogen (secondary N) is 1. The molecule has 1 aromatic carbocycles. The minimum atomic E-state index is -0.736. The van der Waals surface area contributed by atoms with Crippen molar-refractivity contribution in [3.05, 3.63) is 23.8 Å². The van der Waals surface area contributed by atoms with Crippen molar-refractivity contribution in [1.29, 1.82) is 0 Å². The maximum Gasteiger partial charge on any atom is 0.414 e. The lowest BCUT2D eigenvalue weighted by Gasteiger charge is -2.36. The molecule has 160 valence electrons. The van der Waals surface area contributed by atoms with Crippen LogP contribution in [0.2, 0.25) is 0 Å². The molecule has 2 aliphatic heterocycles. The molecule has 6 nitrogen and oxygen atoms in total. The van der Waals surface area contributed by atoms with E-state index in [1.165, 1.54) is 4.90 Å². The van der Waals surface area contributed by atoms with Crippen molar-refractivity contribution in [2.45, 2.75) is 19.4 Å². The van der Waals surface area contributed by atoms with Crippen molar-refractivity contribution in [2.24, 2.45) is 0 Å². The highest BCUT2D eigenvalue weighted by atomic mass is 32.1. The van der Waals surface area contributed by atoms with E-state index in [0.717, 1.165) is 12.1 Å². The van der Waals surface area contributed by atoms with E-state index < -0.39 is 30.5 Å². The maximum atomic E-state index is 14.8. The Bertz CT molecular complexity index is 736. The number of piperazine rings is 1. The first-order chi connectivity index (χ1) is 13.9. The van der Waals surface area contributed by atoms with Crippen LogP contribution < -0.4 is 15.1 Å². The number of nitrogens with zero attached hydrogens (tertiary/aromatic N) is 3. The topological polar surface area (TPSA) is 48.0 Å². The fourth-order valence-electron chi connectivity index (χ4n) is 3.52. The van der Waals surface area contributed by atoms with Gasteiger partial charge in [0.15, 0.2) is 11.6 Å². The second kappa shape index (κ2) is 9.62. The van der Waals surface area contributed by atoms with Gasteiger partial charge < -0.3 is 15.0 Å². The number of amides is 1. The number of halogens is 3. The van der Waals surface area contributed by atoms with Crippen LogP contribution >= 0.6 is 12.2 Å². The zero-order valence-electron chi connectivity index (χ0n) is 16.3. The number of ether oxygens (including phenoxy) is 1. The van der Waals surface area contributed by atoms with Gasteiger partial charge in [-0.3, -0.25) is 9.80 Å². The summed E-state index contributed by atoms with van der Waals surface area (Å²) < 4.78 is 47.2. The summed E-state index contributed by atoms with van der Waals surface area (Å²) in [5.74, 6) is -1.47. The highest BCUT2D eigenvalue weighted by Crippen LogP contribution is 2.31. The molecule has 2 aliphatic rings. The normalized spacial score (nSPS) is 20.1. The molecule has 2 fully saturated rings. The van der Waals surface area contributed by atoms with Gasteiger partial charge in [0.05, 0.1) is 23.8 Å². The van der Waals surface area contributed by atoms with Crippen LogP contribution in [0.25, 0.3) is 0 Å². The summed E-state index contributed by atoms with van der Waals surface area (Å²) >= 11 is 5.08. The molecule has 0 aromatic heterocycles. The van der Waals surface area contributed by atoms with Crippen LogP contribution in [0.5, 0.6) is 0 Å².